The maximum atomic E-state index is 13.0. The zero-order valence-electron chi connectivity index (χ0n) is 9.94. The molecule has 0 bridgehead atoms. The third-order valence-corrected chi connectivity index (χ3v) is 3.88. The van der Waals surface area contributed by atoms with Crippen molar-refractivity contribution < 1.29 is 23.5 Å². The van der Waals surface area contributed by atoms with Crippen LogP contribution in [0.1, 0.15) is 6.92 Å². The van der Waals surface area contributed by atoms with Crippen LogP contribution in [0.3, 0.4) is 0 Å². The molecule has 0 spiro atoms. The van der Waals surface area contributed by atoms with E-state index in [1.54, 1.807) is 24.3 Å². The SMILES string of the molecule is CC[Se]c1ccc(NC(=O)/C(F)=C(/F)C(=O)O)cc1. The van der Waals surface area contributed by atoms with Crippen molar-refractivity contribution >= 4 is 37.0 Å². The Labute approximate surface area is 114 Å². The van der Waals surface area contributed by atoms with Gasteiger partial charge >= 0.3 is 114 Å². The molecule has 0 radical (unpaired) electrons. The molecule has 0 heterocycles. The number of carboxylic acid groups (broad SMARTS) is 1. The van der Waals surface area contributed by atoms with Gasteiger partial charge in [-0.2, -0.15) is 0 Å². The second-order valence-corrected chi connectivity index (χ2v) is 6.15. The van der Waals surface area contributed by atoms with Crippen LogP contribution in [0.15, 0.2) is 35.9 Å². The summed E-state index contributed by atoms with van der Waals surface area (Å²) < 4.78 is 26.8. The molecule has 0 aliphatic heterocycles. The number of halogens is 2. The van der Waals surface area contributed by atoms with Gasteiger partial charge in [-0.1, -0.05) is 0 Å². The van der Waals surface area contributed by atoms with E-state index < -0.39 is 23.5 Å². The van der Waals surface area contributed by atoms with Gasteiger partial charge < -0.3 is 0 Å². The molecule has 0 aliphatic carbocycles. The van der Waals surface area contributed by atoms with Gasteiger partial charge in [-0.15, -0.1) is 0 Å². The third-order valence-electron chi connectivity index (χ3n) is 2.00. The van der Waals surface area contributed by atoms with Crippen LogP contribution in [0.2, 0.25) is 5.32 Å². The van der Waals surface area contributed by atoms with Crippen LogP contribution in [-0.4, -0.2) is 31.9 Å². The molecule has 1 amide bonds. The average molecular weight is 334 g/mol. The quantitative estimate of drug-likeness (QED) is 0.635. The Morgan fingerprint density at radius 1 is 1.21 bits per heavy atom. The van der Waals surface area contributed by atoms with E-state index in [1.165, 1.54) is 0 Å². The molecule has 1 aromatic rings. The van der Waals surface area contributed by atoms with Gasteiger partial charge in [-0.25, -0.2) is 0 Å². The molecule has 0 fully saturated rings. The summed E-state index contributed by atoms with van der Waals surface area (Å²) in [6, 6.07) is 6.65. The molecular formula is C12H11F2NO3Se. The summed E-state index contributed by atoms with van der Waals surface area (Å²) in [5.41, 5.74) is 0.272. The van der Waals surface area contributed by atoms with Gasteiger partial charge in [0.2, 0.25) is 0 Å². The Bertz CT molecular complexity index is 514. The number of carbonyl (C=O) groups is 2. The molecule has 1 aromatic carbocycles. The van der Waals surface area contributed by atoms with E-state index in [9.17, 15) is 18.4 Å². The summed E-state index contributed by atoms with van der Waals surface area (Å²) in [5.74, 6) is -7.60. The van der Waals surface area contributed by atoms with E-state index in [4.69, 9.17) is 5.11 Å². The Kier molecular flexibility index (Phi) is 5.66. The first-order valence-electron chi connectivity index (χ1n) is 5.28. The van der Waals surface area contributed by atoms with E-state index in [0.717, 1.165) is 9.78 Å². The van der Waals surface area contributed by atoms with Gasteiger partial charge in [0, 0.05) is 0 Å². The second kappa shape index (κ2) is 7.01. The van der Waals surface area contributed by atoms with Crippen LogP contribution < -0.4 is 9.78 Å². The minimum absolute atomic E-state index is 0.272. The van der Waals surface area contributed by atoms with Crippen molar-refractivity contribution in [2.75, 3.05) is 5.32 Å². The molecule has 0 saturated carbocycles. The van der Waals surface area contributed by atoms with Crippen molar-refractivity contribution in [3.63, 3.8) is 0 Å². The zero-order chi connectivity index (χ0) is 14.4. The first kappa shape index (κ1) is 15.3. The van der Waals surface area contributed by atoms with E-state index in [0.29, 0.717) is 15.0 Å². The van der Waals surface area contributed by atoms with Crippen LogP contribution in [0.5, 0.6) is 0 Å². The molecule has 19 heavy (non-hydrogen) atoms. The van der Waals surface area contributed by atoms with Crippen LogP contribution in [0.4, 0.5) is 14.5 Å². The molecule has 0 aliphatic rings. The topological polar surface area (TPSA) is 66.4 Å². The van der Waals surface area contributed by atoms with Crippen LogP contribution >= 0.6 is 0 Å². The Morgan fingerprint density at radius 2 is 1.79 bits per heavy atom. The van der Waals surface area contributed by atoms with Crippen LogP contribution in [0, 0.1) is 0 Å². The van der Waals surface area contributed by atoms with Crippen molar-refractivity contribution in [3.8, 4) is 0 Å². The summed E-state index contributed by atoms with van der Waals surface area (Å²) in [4.78, 5) is 21.4. The first-order valence-corrected chi connectivity index (χ1v) is 7.35. The van der Waals surface area contributed by atoms with Crippen LogP contribution in [0.25, 0.3) is 0 Å². The second-order valence-electron chi connectivity index (χ2n) is 3.34. The first-order chi connectivity index (χ1) is 8.95. The number of anilines is 1. The standard InChI is InChI=1S/C12H11F2NO3Se/c1-2-19-8-5-3-7(4-6-8)15-11(16)9(13)10(14)12(17)18/h3-6H,2H2,1H3,(H,15,16)(H,17,18)/b10-9-. The third kappa shape index (κ3) is 4.46. The number of aliphatic carboxylic acids is 1. The summed E-state index contributed by atoms with van der Waals surface area (Å²) >= 11 is 0.336. The van der Waals surface area contributed by atoms with Crippen LogP contribution in [-0.2, 0) is 9.59 Å². The van der Waals surface area contributed by atoms with Gasteiger partial charge in [-0.3, -0.25) is 0 Å². The van der Waals surface area contributed by atoms with Gasteiger partial charge in [0.05, 0.1) is 0 Å². The van der Waals surface area contributed by atoms with E-state index in [1.807, 2.05) is 6.92 Å². The predicted molar refractivity (Wildman–Crippen MR) is 67.8 cm³/mol. The van der Waals surface area contributed by atoms with Gasteiger partial charge in [0.25, 0.3) is 0 Å². The molecule has 0 saturated heterocycles. The summed E-state index contributed by atoms with van der Waals surface area (Å²) in [6.45, 7) is 2.05. The molecule has 1 rings (SSSR count). The van der Waals surface area contributed by atoms with E-state index in [2.05, 4.69) is 5.32 Å². The molecule has 0 aromatic heterocycles. The number of hydrogen-bond acceptors (Lipinski definition) is 2. The number of carbonyl (C=O) groups excluding carboxylic acids is 1. The van der Waals surface area contributed by atoms with Crippen molar-refractivity contribution in [1.82, 2.24) is 0 Å². The molecule has 0 atom stereocenters. The number of hydrogen-bond donors (Lipinski definition) is 2. The molecule has 7 heteroatoms. The number of carboxylic acids is 1. The molecule has 2 N–H and O–H groups in total. The van der Waals surface area contributed by atoms with Crippen molar-refractivity contribution in [2.24, 2.45) is 0 Å². The Balaban J connectivity index is 2.77. The molecule has 0 unspecified atom stereocenters. The Hall–Kier alpha value is -1.72. The summed E-state index contributed by atoms with van der Waals surface area (Å²) in [5, 5.41) is 11.3. The summed E-state index contributed by atoms with van der Waals surface area (Å²) in [7, 11) is 0. The van der Waals surface area contributed by atoms with E-state index >= 15 is 0 Å². The minimum atomic E-state index is -2.12. The van der Waals surface area contributed by atoms with Crippen molar-refractivity contribution in [3.05, 3.63) is 35.9 Å². The molecular weight excluding hydrogens is 323 g/mol. The fourth-order valence-corrected chi connectivity index (χ4v) is 2.57. The Morgan fingerprint density at radius 3 is 2.26 bits per heavy atom. The molecule has 4 nitrogen and oxygen atoms in total. The number of nitrogens with one attached hydrogen (secondary N) is 1. The number of rotatable bonds is 5. The normalized spacial score (nSPS) is 11.7. The molecule has 102 valence electrons. The predicted octanol–water partition coefficient (Wildman–Crippen LogP) is 1.63. The van der Waals surface area contributed by atoms with Crippen molar-refractivity contribution in [1.29, 1.82) is 0 Å². The number of amides is 1. The fraction of sp³-hybridized carbons (Fsp3) is 0.167. The number of benzene rings is 1. The van der Waals surface area contributed by atoms with Gasteiger partial charge in [0.1, 0.15) is 0 Å². The maximum absolute atomic E-state index is 13.0. The van der Waals surface area contributed by atoms with Gasteiger partial charge in [0.15, 0.2) is 0 Å². The summed E-state index contributed by atoms with van der Waals surface area (Å²) in [6.07, 6.45) is 0. The monoisotopic (exact) mass is 335 g/mol. The van der Waals surface area contributed by atoms with E-state index in [-0.39, 0.29) is 5.69 Å². The average Bonchev–Trinajstić information content (AvgIpc) is 2.39. The van der Waals surface area contributed by atoms with Gasteiger partial charge in [-0.05, 0) is 0 Å². The zero-order valence-corrected chi connectivity index (χ0v) is 11.7. The van der Waals surface area contributed by atoms with Crippen molar-refractivity contribution in [2.45, 2.75) is 12.2 Å². The fourth-order valence-electron chi connectivity index (χ4n) is 1.18.